The van der Waals surface area contributed by atoms with Crippen LogP contribution in [-0.2, 0) is 13.1 Å². The van der Waals surface area contributed by atoms with E-state index < -0.39 is 0 Å². The first kappa shape index (κ1) is 18.6. The van der Waals surface area contributed by atoms with Crippen LogP contribution >= 0.6 is 0 Å². The molecule has 6 heteroatoms. The topological polar surface area (TPSA) is 67.1 Å². The number of benzene rings is 1. The monoisotopic (exact) mass is 377 g/mol. The first-order valence-corrected chi connectivity index (χ1v) is 10.0. The smallest absolute Gasteiger partial charge is 0.261 e. The Labute approximate surface area is 166 Å². The summed E-state index contributed by atoms with van der Waals surface area (Å²) in [4.78, 5) is 11.4. The number of pyridine rings is 1. The van der Waals surface area contributed by atoms with Crippen molar-refractivity contribution in [2.75, 3.05) is 11.9 Å². The molecule has 3 aromatic rings. The summed E-state index contributed by atoms with van der Waals surface area (Å²) in [6.07, 6.45) is 5.71. The zero-order valence-electron chi connectivity index (χ0n) is 16.6. The summed E-state index contributed by atoms with van der Waals surface area (Å²) in [7, 11) is 0. The van der Waals surface area contributed by atoms with Crippen LogP contribution in [-0.4, -0.2) is 32.6 Å². The molecule has 4 rings (SSSR count). The molecule has 28 heavy (non-hydrogen) atoms. The molecule has 0 bridgehead atoms. The minimum absolute atomic E-state index is 0.489. The van der Waals surface area contributed by atoms with Crippen molar-refractivity contribution in [3.63, 3.8) is 0 Å². The molecule has 1 unspecified atom stereocenters. The first-order chi connectivity index (χ1) is 13.7. The molecule has 0 radical (unpaired) electrons. The van der Waals surface area contributed by atoms with Gasteiger partial charge in [-0.3, -0.25) is 4.90 Å². The molecule has 0 saturated carbocycles. The molecule has 0 aliphatic carbocycles. The highest BCUT2D eigenvalue weighted by molar-refractivity contribution is 5.68. The van der Waals surface area contributed by atoms with Crippen molar-refractivity contribution >= 4 is 5.82 Å². The summed E-state index contributed by atoms with van der Waals surface area (Å²) in [6, 6.07) is 13.1. The van der Waals surface area contributed by atoms with Gasteiger partial charge < -0.3 is 9.84 Å². The van der Waals surface area contributed by atoms with Crippen molar-refractivity contribution < 1.29 is 4.52 Å². The van der Waals surface area contributed by atoms with E-state index in [9.17, 15) is 0 Å². The molecule has 1 atom stereocenters. The lowest BCUT2D eigenvalue weighted by atomic mass is 10.0. The van der Waals surface area contributed by atoms with Gasteiger partial charge >= 0.3 is 0 Å². The third-order valence-electron chi connectivity index (χ3n) is 5.44. The van der Waals surface area contributed by atoms with E-state index in [-0.39, 0.29) is 0 Å². The molecule has 1 aliphatic heterocycles. The Morgan fingerprint density at radius 3 is 2.79 bits per heavy atom. The standard InChI is InChI=1S/C22H27N5O/c1-16-8-5-6-13-27(16)15-19-10-4-3-9-18(19)14-24-21-20(11-7-12-23-21)22-25-17(2)26-28-22/h3-4,7,9-12,16H,5-6,8,13-15H2,1-2H3,(H,23,24). The fraction of sp³-hybridized carbons (Fsp3) is 0.409. The number of nitrogens with zero attached hydrogens (tertiary/aromatic N) is 4. The van der Waals surface area contributed by atoms with E-state index in [1.165, 1.54) is 36.9 Å². The number of piperidine rings is 1. The summed E-state index contributed by atoms with van der Waals surface area (Å²) in [6.45, 7) is 7.04. The van der Waals surface area contributed by atoms with Gasteiger partial charge in [-0.25, -0.2) is 4.98 Å². The lowest BCUT2D eigenvalue weighted by molar-refractivity contribution is 0.152. The van der Waals surface area contributed by atoms with Crippen LogP contribution < -0.4 is 5.32 Å². The first-order valence-electron chi connectivity index (χ1n) is 10.0. The second kappa shape index (κ2) is 8.52. The molecular weight excluding hydrogens is 350 g/mol. The largest absolute Gasteiger partial charge is 0.365 e. The van der Waals surface area contributed by atoms with Gasteiger partial charge in [0.05, 0.1) is 5.56 Å². The zero-order chi connectivity index (χ0) is 19.3. The lowest BCUT2D eigenvalue weighted by Gasteiger charge is -2.33. The maximum atomic E-state index is 5.33. The van der Waals surface area contributed by atoms with Gasteiger partial charge in [-0.2, -0.15) is 4.98 Å². The highest BCUT2D eigenvalue weighted by Crippen LogP contribution is 2.26. The van der Waals surface area contributed by atoms with E-state index in [2.05, 4.69) is 56.5 Å². The van der Waals surface area contributed by atoms with E-state index in [0.717, 1.165) is 17.9 Å². The Hall–Kier alpha value is -2.73. The Balaban J connectivity index is 1.50. The third-order valence-corrected chi connectivity index (χ3v) is 5.44. The fourth-order valence-corrected chi connectivity index (χ4v) is 3.80. The van der Waals surface area contributed by atoms with Crippen molar-refractivity contribution in [1.82, 2.24) is 20.0 Å². The summed E-state index contributed by atoms with van der Waals surface area (Å²) in [5.74, 6) is 1.86. The zero-order valence-corrected chi connectivity index (χ0v) is 16.6. The summed E-state index contributed by atoms with van der Waals surface area (Å²) in [5, 5.41) is 7.36. The van der Waals surface area contributed by atoms with Crippen molar-refractivity contribution in [3.8, 4) is 11.5 Å². The molecule has 146 valence electrons. The van der Waals surface area contributed by atoms with Gasteiger partial charge in [-0.1, -0.05) is 35.8 Å². The molecule has 1 aliphatic rings. The van der Waals surface area contributed by atoms with E-state index >= 15 is 0 Å². The van der Waals surface area contributed by atoms with Crippen LogP contribution in [0, 0.1) is 6.92 Å². The van der Waals surface area contributed by atoms with Gasteiger partial charge in [0, 0.05) is 25.3 Å². The maximum absolute atomic E-state index is 5.33. The molecular formula is C22H27N5O. The predicted octanol–water partition coefficient (Wildman–Crippen LogP) is 4.43. The van der Waals surface area contributed by atoms with Crippen LogP contribution in [0.2, 0.25) is 0 Å². The van der Waals surface area contributed by atoms with E-state index in [1.54, 1.807) is 6.20 Å². The molecule has 1 saturated heterocycles. The number of rotatable bonds is 6. The van der Waals surface area contributed by atoms with Crippen molar-refractivity contribution in [2.24, 2.45) is 0 Å². The number of hydrogen-bond donors (Lipinski definition) is 1. The number of aromatic nitrogens is 3. The van der Waals surface area contributed by atoms with Crippen molar-refractivity contribution in [2.45, 2.75) is 52.2 Å². The van der Waals surface area contributed by atoms with Gasteiger partial charge in [0.25, 0.3) is 5.89 Å². The third kappa shape index (κ3) is 4.22. The van der Waals surface area contributed by atoms with Gasteiger partial charge in [0.15, 0.2) is 5.82 Å². The van der Waals surface area contributed by atoms with Gasteiger partial charge in [0.1, 0.15) is 5.82 Å². The van der Waals surface area contributed by atoms with Crippen LogP contribution in [0.3, 0.4) is 0 Å². The molecule has 1 fully saturated rings. The molecule has 3 heterocycles. The van der Waals surface area contributed by atoms with E-state index in [1.807, 2.05) is 19.1 Å². The summed E-state index contributed by atoms with van der Waals surface area (Å²) in [5.41, 5.74) is 3.48. The molecule has 0 amide bonds. The van der Waals surface area contributed by atoms with Gasteiger partial charge in [0.2, 0.25) is 0 Å². The molecule has 0 spiro atoms. The molecule has 2 aromatic heterocycles. The second-order valence-corrected chi connectivity index (χ2v) is 7.48. The average molecular weight is 377 g/mol. The Morgan fingerprint density at radius 2 is 2.00 bits per heavy atom. The Morgan fingerprint density at radius 1 is 1.14 bits per heavy atom. The van der Waals surface area contributed by atoms with Gasteiger partial charge in [-0.05, 0) is 56.5 Å². The van der Waals surface area contributed by atoms with Gasteiger partial charge in [-0.15, -0.1) is 0 Å². The highest BCUT2D eigenvalue weighted by Gasteiger charge is 2.19. The second-order valence-electron chi connectivity index (χ2n) is 7.48. The minimum Gasteiger partial charge on any atom is -0.365 e. The predicted molar refractivity (Wildman–Crippen MR) is 110 cm³/mol. The molecule has 6 nitrogen and oxygen atoms in total. The number of anilines is 1. The number of aryl methyl sites for hydroxylation is 1. The van der Waals surface area contributed by atoms with E-state index in [0.29, 0.717) is 24.3 Å². The highest BCUT2D eigenvalue weighted by atomic mass is 16.5. The molecule has 1 N–H and O–H groups in total. The number of hydrogen-bond acceptors (Lipinski definition) is 6. The Bertz CT molecular complexity index is 923. The van der Waals surface area contributed by atoms with Crippen molar-refractivity contribution in [1.29, 1.82) is 0 Å². The van der Waals surface area contributed by atoms with Crippen LogP contribution in [0.4, 0.5) is 5.82 Å². The quantitative estimate of drug-likeness (QED) is 0.686. The Kier molecular flexibility index (Phi) is 5.67. The van der Waals surface area contributed by atoms with E-state index in [4.69, 9.17) is 4.52 Å². The van der Waals surface area contributed by atoms with Crippen LogP contribution in [0.25, 0.3) is 11.5 Å². The SMILES string of the molecule is Cc1noc(-c2cccnc2NCc2ccccc2CN2CCCCC2C)n1. The summed E-state index contributed by atoms with van der Waals surface area (Å²) >= 11 is 0. The fourth-order valence-electron chi connectivity index (χ4n) is 3.80. The minimum atomic E-state index is 0.489. The number of likely N-dealkylation sites (tertiary alicyclic amines) is 1. The summed E-state index contributed by atoms with van der Waals surface area (Å²) < 4.78 is 5.33. The molecule has 1 aromatic carbocycles. The lowest BCUT2D eigenvalue weighted by Crippen LogP contribution is -2.37. The van der Waals surface area contributed by atoms with Crippen molar-refractivity contribution in [3.05, 3.63) is 59.5 Å². The number of nitrogens with one attached hydrogen (secondary N) is 1. The normalized spacial score (nSPS) is 17.6. The van der Waals surface area contributed by atoms with Crippen LogP contribution in [0.15, 0.2) is 47.1 Å². The average Bonchev–Trinajstić information content (AvgIpc) is 3.15. The van der Waals surface area contributed by atoms with Crippen LogP contribution in [0.1, 0.15) is 43.1 Å². The van der Waals surface area contributed by atoms with Crippen LogP contribution in [0.5, 0.6) is 0 Å². The maximum Gasteiger partial charge on any atom is 0.261 e.